The molecule has 4 aromatic rings. The number of fused-ring (bicyclic) bond motifs is 2. The number of imidazole rings is 1. The lowest BCUT2D eigenvalue weighted by atomic mass is 10.0. The largest absolute Gasteiger partial charge is 0.480 e. The SMILES string of the molecule is CC(C)(C)CS(=O)(=O)N[C@@H](Cc1ccc2oc(CCCNc3nc4ccccc4[nH]3)cc(=O)c2c1)C(=O)O. The Morgan fingerprint density at radius 1 is 1.16 bits per heavy atom. The second kappa shape index (κ2) is 11.0. The molecule has 0 saturated heterocycles. The van der Waals surface area contributed by atoms with E-state index in [1.165, 1.54) is 6.07 Å². The van der Waals surface area contributed by atoms with E-state index < -0.39 is 27.4 Å². The van der Waals surface area contributed by atoms with Gasteiger partial charge in [-0.05, 0) is 48.1 Å². The summed E-state index contributed by atoms with van der Waals surface area (Å²) >= 11 is 0. The molecule has 0 spiro atoms. The number of hydrogen-bond donors (Lipinski definition) is 4. The van der Waals surface area contributed by atoms with Crippen molar-refractivity contribution >= 4 is 43.9 Å². The minimum absolute atomic E-state index is 0.108. The van der Waals surface area contributed by atoms with Gasteiger partial charge in [0.25, 0.3) is 0 Å². The van der Waals surface area contributed by atoms with Gasteiger partial charge in [-0.1, -0.05) is 39.0 Å². The van der Waals surface area contributed by atoms with E-state index in [1.54, 1.807) is 39.0 Å². The number of carbonyl (C=O) groups is 1. The molecule has 10 nitrogen and oxygen atoms in total. The molecule has 202 valence electrons. The van der Waals surface area contributed by atoms with E-state index in [0.29, 0.717) is 47.6 Å². The van der Waals surface area contributed by atoms with E-state index in [9.17, 15) is 23.1 Å². The molecule has 0 unspecified atom stereocenters. The summed E-state index contributed by atoms with van der Waals surface area (Å²) in [5.74, 6) is -0.276. The van der Waals surface area contributed by atoms with Crippen LogP contribution in [0, 0.1) is 5.41 Å². The fraction of sp³-hybridized carbons (Fsp3) is 0.370. The van der Waals surface area contributed by atoms with Gasteiger partial charge >= 0.3 is 5.97 Å². The molecule has 0 aliphatic rings. The first-order chi connectivity index (χ1) is 17.9. The molecule has 0 saturated carbocycles. The van der Waals surface area contributed by atoms with Crippen molar-refractivity contribution in [3.05, 3.63) is 70.1 Å². The van der Waals surface area contributed by atoms with Crippen molar-refractivity contribution < 1.29 is 22.7 Å². The van der Waals surface area contributed by atoms with Gasteiger partial charge in [-0.25, -0.2) is 18.1 Å². The van der Waals surface area contributed by atoms with E-state index in [2.05, 4.69) is 20.0 Å². The molecule has 0 aliphatic heterocycles. The van der Waals surface area contributed by atoms with Gasteiger partial charge < -0.3 is 19.8 Å². The summed E-state index contributed by atoms with van der Waals surface area (Å²) in [5.41, 5.74) is 1.96. The van der Waals surface area contributed by atoms with Crippen LogP contribution in [0.4, 0.5) is 5.95 Å². The van der Waals surface area contributed by atoms with E-state index in [-0.39, 0.29) is 17.6 Å². The Morgan fingerprint density at radius 2 is 1.92 bits per heavy atom. The van der Waals surface area contributed by atoms with E-state index in [0.717, 1.165) is 11.0 Å². The molecule has 0 bridgehead atoms. The molecule has 0 aliphatic carbocycles. The number of nitrogens with one attached hydrogen (secondary N) is 3. The van der Waals surface area contributed by atoms with Gasteiger partial charge in [0.15, 0.2) is 5.43 Å². The lowest BCUT2D eigenvalue weighted by molar-refractivity contribution is -0.138. The van der Waals surface area contributed by atoms with Crippen LogP contribution >= 0.6 is 0 Å². The zero-order valence-electron chi connectivity index (χ0n) is 21.6. The van der Waals surface area contributed by atoms with Crippen LogP contribution in [0.2, 0.25) is 0 Å². The van der Waals surface area contributed by atoms with Crippen LogP contribution in [0.5, 0.6) is 0 Å². The van der Waals surface area contributed by atoms with Gasteiger partial charge in [-0.15, -0.1) is 0 Å². The maximum absolute atomic E-state index is 12.8. The van der Waals surface area contributed by atoms with E-state index in [4.69, 9.17) is 4.42 Å². The molecule has 2 aromatic carbocycles. The van der Waals surface area contributed by atoms with Crippen molar-refractivity contribution in [2.75, 3.05) is 17.6 Å². The molecule has 11 heteroatoms. The number of aromatic nitrogens is 2. The third-order valence-corrected chi connectivity index (χ3v) is 7.70. The first-order valence-electron chi connectivity index (χ1n) is 12.4. The minimum Gasteiger partial charge on any atom is -0.480 e. The number of aromatic amines is 1. The maximum Gasteiger partial charge on any atom is 0.322 e. The molecule has 4 rings (SSSR count). The topological polar surface area (TPSA) is 154 Å². The van der Waals surface area contributed by atoms with Crippen molar-refractivity contribution in [1.29, 1.82) is 0 Å². The number of carboxylic acids is 1. The Kier molecular flexibility index (Phi) is 7.89. The Morgan fingerprint density at radius 3 is 2.63 bits per heavy atom. The molecular weight excluding hydrogens is 508 g/mol. The number of rotatable bonds is 11. The van der Waals surface area contributed by atoms with Gasteiger partial charge in [0, 0.05) is 19.0 Å². The quantitative estimate of drug-likeness (QED) is 0.210. The fourth-order valence-corrected chi connectivity index (χ4v) is 6.09. The lowest BCUT2D eigenvalue weighted by Crippen LogP contribution is -2.45. The summed E-state index contributed by atoms with van der Waals surface area (Å²) in [6.07, 6.45) is 1.14. The Hall–Kier alpha value is -3.70. The second-order valence-electron chi connectivity index (χ2n) is 10.6. The van der Waals surface area contributed by atoms with Crippen LogP contribution in [0.15, 0.2) is 57.7 Å². The van der Waals surface area contributed by atoms with Crippen LogP contribution in [-0.2, 0) is 27.7 Å². The van der Waals surface area contributed by atoms with E-state index >= 15 is 0 Å². The number of anilines is 1. The van der Waals surface area contributed by atoms with Crippen molar-refractivity contribution in [2.24, 2.45) is 5.41 Å². The van der Waals surface area contributed by atoms with Crippen LogP contribution in [0.1, 0.15) is 38.5 Å². The number of carboxylic acid groups (broad SMARTS) is 1. The lowest BCUT2D eigenvalue weighted by Gasteiger charge is -2.21. The van der Waals surface area contributed by atoms with Crippen molar-refractivity contribution in [1.82, 2.24) is 14.7 Å². The van der Waals surface area contributed by atoms with Gasteiger partial charge in [-0.2, -0.15) is 0 Å². The van der Waals surface area contributed by atoms with Crippen molar-refractivity contribution in [3.8, 4) is 0 Å². The molecule has 38 heavy (non-hydrogen) atoms. The number of hydrogen-bond acceptors (Lipinski definition) is 7. The Bertz CT molecular complexity index is 1590. The summed E-state index contributed by atoms with van der Waals surface area (Å²) < 4.78 is 33.1. The van der Waals surface area contributed by atoms with Gasteiger partial charge in [-0.3, -0.25) is 9.59 Å². The zero-order valence-corrected chi connectivity index (χ0v) is 22.4. The number of H-pyrrole nitrogens is 1. The average molecular weight is 541 g/mol. The van der Waals surface area contributed by atoms with Crippen LogP contribution < -0.4 is 15.5 Å². The molecule has 0 radical (unpaired) electrons. The number of benzene rings is 2. The number of para-hydroxylation sites is 2. The highest BCUT2D eigenvalue weighted by molar-refractivity contribution is 7.89. The summed E-state index contributed by atoms with van der Waals surface area (Å²) in [4.78, 5) is 32.2. The van der Waals surface area contributed by atoms with Crippen LogP contribution in [0.3, 0.4) is 0 Å². The van der Waals surface area contributed by atoms with Gasteiger partial charge in [0.1, 0.15) is 17.4 Å². The summed E-state index contributed by atoms with van der Waals surface area (Å²) in [5, 5.41) is 13.1. The molecule has 1 atom stereocenters. The van der Waals surface area contributed by atoms with Gasteiger partial charge in [0.2, 0.25) is 16.0 Å². The van der Waals surface area contributed by atoms with Gasteiger partial charge in [0.05, 0.1) is 22.2 Å². The molecule has 0 fully saturated rings. The third kappa shape index (κ3) is 7.20. The summed E-state index contributed by atoms with van der Waals surface area (Å²) in [6, 6.07) is 12.7. The van der Waals surface area contributed by atoms with Crippen molar-refractivity contribution in [2.45, 2.75) is 46.1 Å². The third-order valence-electron chi connectivity index (χ3n) is 5.81. The maximum atomic E-state index is 12.8. The molecular formula is C27H32N4O6S. The average Bonchev–Trinajstić information content (AvgIpc) is 3.23. The monoisotopic (exact) mass is 540 g/mol. The molecule has 2 aromatic heterocycles. The first-order valence-corrected chi connectivity index (χ1v) is 14.0. The Balaban J connectivity index is 1.40. The van der Waals surface area contributed by atoms with Crippen molar-refractivity contribution in [3.63, 3.8) is 0 Å². The van der Waals surface area contributed by atoms with Crippen LogP contribution in [0.25, 0.3) is 22.0 Å². The predicted octanol–water partition coefficient (Wildman–Crippen LogP) is 3.68. The normalized spacial score (nSPS) is 13.1. The number of aliphatic carboxylic acids is 1. The highest BCUT2D eigenvalue weighted by Gasteiger charge is 2.28. The number of nitrogens with zero attached hydrogens (tertiary/aromatic N) is 1. The number of sulfonamides is 1. The smallest absolute Gasteiger partial charge is 0.322 e. The Labute approximate surface area is 220 Å². The zero-order chi connectivity index (χ0) is 27.5. The minimum atomic E-state index is -3.82. The fourth-order valence-electron chi connectivity index (χ4n) is 4.25. The number of aryl methyl sites for hydroxylation is 1. The van der Waals surface area contributed by atoms with E-state index in [1.807, 2.05) is 24.3 Å². The molecule has 2 heterocycles. The molecule has 0 amide bonds. The standard InChI is InChI=1S/C27H32N4O6S/c1-27(2,3)16-38(35,36)31-22(25(33)34)14-17-10-11-24-19(13-17)23(32)15-18(37-24)7-6-12-28-26-29-20-8-4-5-9-21(20)30-26/h4-5,8-11,13,15,22,31H,6-7,12,14,16H2,1-3H3,(H,33,34)(H2,28,29,30)/t22-/m0/s1. The van der Waals surface area contributed by atoms with Crippen LogP contribution in [-0.4, -0.2) is 47.8 Å². The second-order valence-corrected chi connectivity index (χ2v) is 12.3. The molecule has 4 N–H and O–H groups in total. The first kappa shape index (κ1) is 27.3. The summed E-state index contributed by atoms with van der Waals surface area (Å²) in [7, 11) is -3.82. The highest BCUT2D eigenvalue weighted by atomic mass is 32.2. The highest BCUT2D eigenvalue weighted by Crippen LogP contribution is 2.19. The summed E-state index contributed by atoms with van der Waals surface area (Å²) in [6.45, 7) is 5.91. The predicted molar refractivity (Wildman–Crippen MR) is 147 cm³/mol.